The Bertz CT molecular complexity index is 1110. The molecule has 7 nitrogen and oxygen atoms in total. The number of amides is 1. The lowest BCUT2D eigenvalue weighted by Gasteiger charge is -2.35. The van der Waals surface area contributed by atoms with E-state index in [0.717, 1.165) is 23.5 Å². The van der Waals surface area contributed by atoms with E-state index in [1.807, 2.05) is 29.4 Å². The minimum absolute atomic E-state index is 0.291. The topological polar surface area (TPSA) is 67.2 Å². The first kappa shape index (κ1) is 19.9. The van der Waals surface area contributed by atoms with Gasteiger partial charge in [-0.15, -0.1) is 0 Å². The van der Waals surface area contributed by atoms with Crippen molar-refractivity contribution >= 4 is 11.7 Å². The number of carbonyl (C=O) groups excluding carboxylic acids is 1. The van der Waals surface area contributed by atoms with Gasteiger partial charge in [-0.3, -0.25) is 9.36 Å². The molecule has 3 aromatic rings. The van der Waals surface area contributed by atoms with Gasteiger partial charge in [0.05, 0.1) is 11.3 Å². The number of carbonyl (C=O) groups is 1. The minimum Gasteiger partial charge on any atom is -0.353 e. The van der Waals surface area contributed by atoms with E-state index >= 15 is 0 Å². The Balaban J connectivity index is 1.48. The van der Waals surface area contributed by atoms with Crippen molar-refractivity contribution in [2.24, 2.45) is 0 Å². The number of benzene rings is 1. The molecule has 0 saturated carbocycles. The van der Waals surface area contributed by atoms with Crippen molar-refractivity contribution in [3.05, 3.63) is 65.3 Å². The van der Waals surface area contributed by atoms with E-state index in [0.29, 0.717) is 37.8 Å². The van der Waals surface area contributed by atoms with Crippen LogP contribution in [0.2, 0.25) is 0 Å². The Kier molecular flexibility index (Phi) is 5.15. The number of piperazine rings is 1. The first-order valence-corrected chi connectivity index (χ1v) is 9.37. The number of aromatic nitrogens is 4. The molecule has 1 amide bonds. The highest BCUT2D eigenvalue weighted by Gasteiger charge is 2.27. The molecule has 0 unspecified atom stereocenters. The largest absolute Gasteiger partial charge is 0.353 e. The van der Waals surface area contributed by atoms with Gasteiger partial charge in [-0.2, -0.15) is 0 Å². The SMILES string of the molecule is Cc1ncn(-c2cc(N3CCN(C(=O)c4ccc(F)c(F)c4F)CC3)ncn2)c1C. The summed E-state index contributed by atoms with van der Waals surface area (Å²) in [6.45, 7) is 5.36. The van der Waals surface area contributed by atoms with Gasteiger partial charge >= 0.3 is 0 Å². The number of rotatable bonds is 3. The summed E-state index contributed by atoms with van der Waals surface area (Å²) >= 11 is 0. The molecule has 1 fully saturated rings. The Labute approximate surface area is 170 Å². The van der Waals surface area contributed by atoms with Crippen molar-refractivity contribution in [2.75, 3.05) is 31.1 Å². The molecule has 2 aromatic heterocycles. The normalized spacial score (nSPS) is 14.3. The van der Waals surface area contributed by atoms with Crippen LogP contribution < -0.4 is 4.90 Å². The fourth-order valence-electron chi connectivity index (χ4n) is 3.37. The number of aryl methyl sites for hydroxylation is 1. The van der Waals surface area contributed by atoms with Gasteiger partial charge < -0.3 is 9.80 Å². The third-order valence-electron chi connectivity index (χ3n) is 5.29. The lowest BCUT2D eigenvalue weighted by atomic mass is 10.1. The highest BCUT2D eigenvalue weighted by molar-refractivity contribution is 5.94. The van der Waals surface area contributed by atoms with Crippen molar-refractivity contribution in [3.63, 3.8) is 0 Å². The standard InChI is InChI=1S/C20H19F3N6O/c1-12-13(2)29(11-26-12)17-9-16(24-10-25-17)27-5-7-28(8-6-27)20(30)14-3-4-15(21)19(23)18(14)22/h3-4,9-11H,5-8H2,1-2H3. The van der Waals surface area contributed by atoms with Crippen LogP contribution in [0.4, 0.5) is 19.0 Å². The Hall–Kier alpha value is -3.43. The molecule has 0 N–H and O–H groups in total. The summed E-state index contributed by atoms with van der Waals surface area (Å²) in [5, 5.41) is 0. The monoisotopic (exact) mass is 416 g/mol. The molecule has 0 bridgehead atoms. The van der Waals surface area contributed by atoms with Crippen LogP contribution in [-0.4, -0.2) is 56.5 Å². The number of halogens is 3. The van der Waals surface area contributed by atoms with E-state index in [2.05, 4.69) is 15.0 Å². The quantitative estimate of drug-likeness (QED) is 0.614. The van der Waals surface area contributed by atoms with Gasteiger partial charge in [0.15, 0.2) is 17.5 Å². The summed E-state index contributed by atoms with van der Waals surface area (Å²) in [5.41, 5.74) is 1.41. The maximum Gasteiger partial charge on any atom is 0.257 e. The van der Waals surface area contributed by atoms with Crippen LogP contribution in [0.15, 0.2) is 30.9 Å². The summed E-state index contributed by atoms with van der Waals surface area (Å²) in [5.74, 6) is -3.72. The molecule has 1 saturated heterocycles. The van der Waals surface area contributed by atoms with Crippen LogP contribution in [0, 0.1) is 31.3 Å². The van der Waals surface area contributed by atoms with Gasteiger partial charge in [-0.25, -0.2) is 28.1 Å². The molecule has 0 radical (unpaired) electrons. The predicted octanol–water partition coefficient (Wildman–Crippen LogP) is 2.66. The zero-order valence-electron chi connectivity index (χ0n) is 16.4. The zero-order valence-corrected chi connectivity index (χ0v) is 16.4. The molecular weight excluding hydrogens is 397 g/mol. The van der Waals surface area contributed by atoms with Gasteiger partial charge in [-0.1, -0.05) is 0 Å². The number of nitrogens with zero attached hydrogens (tertiary/aromatic N) is 6. The Morgan fingerprint density at radius 2 is 1.63 bits per heavy atom. The Morgan fingerprint density at radius 1 is 0.933 bits per heavy atom. The van der Waals surface area contributed by atoms with Crippen LogP contribution in [0.25, 0.3) is 5.82 Å². The van der Waals surface area contributed by atoms with Crippen molar-refractivity contribution in [2.45, 2.75) is 13.8 Å². The van der Waals surface area contributed by atoms with Crippen LogP contribution >= 0.6 is 0 Å². The third-order valence-corrected chi connectivity index (χ3v) is 5.29. The van der Waals surface area contributed by atoms with Crippen molar-refractivity contribution < 1.29 is 18.0 Å². The summed E-state index contributed by atoms with van der Waals surface area (Å²) in [7, 11) is 0. The van der Waals surface area contributed by atoms with E-state index in [-0.39, 0.29) is 0 Å². The molecular formula is C20H19F3N6O. The molecule has 156 valence electrons. The van der Waals surface area contributed by atoms with Crippen LogP contribution in [0.3, 0.4) is 0 Å². The second kappa shape index (κ2) is 7.77. The fraction of sp³-hybridized carbons (Fsp3) is 0.300. The zero-order chi connectivity index (χ0) is 21.4. The molecule has 1 aliphatic rings. The van der Waals surface area contributed by atoms with Crippen LogP contribution in [0.1, 0.15) is 21.7 Å². The van der Waals surface area contributed by atoms with Crippen molar-refractivity contribution in [1.82, 2.24) is 24.4 Å². The summed E-state index contributed by atoms with van der Waals surface area (Å²) in [6.07, 6.45) is 3.16. The van der Waals surface area contributed by atoms with Gasteiger partial charge in [-0.05, 0) is 26.0 Å². The minimum atomic E-state index is -1.64. The molecule has 0 atom stereocenters. The average Bonchev–Trinajstić information content (AvgIpc) is 3.10. The summed E-state index contributed by atoms with van der Waals surface area (Å²) in [6, 6.07) is 3.55. The molecule has 4 rings (SSSR count). The molecule has 3 heterocycles. The number of hydrogen-bond acceptors (Lipinski definition) is 5. The molecule has 30 heavy (non-hydrogen) atoms. The molecule has 1 aromatic carbocycles. The second-order valence-corrected chi connectivity index (χ2v) is 7.02. The maximum atomic E-state index is 14.0. The van der Waals surface area contributed by atoms with E-state index in [1.54, 1.807) is 6.33 Å². The molecule has 1 aliphatic heterocycles. The van der Waals surface area contributed by atoms with Crippen molar-refractivity contribution in [3.8, 4) is 5.82 Å². The molecule has 0 spiro atoms. The van der Waals surface area contributed by atoms with E-state index in [9.17, 15) is 18.0 Å². The maximum absolute atomic E-state index is 14.0. The third kappa shape index (κ3) is 3.49. The number of imidazole rings is 1. The molecule has 10 heteroatoms. The lowest BCUT2D eigenvalue weighted by molar-refractivity contribution is 0.0740. The van der Waals surface area contributed by atoms with Crippen LogP contribution in [0.5, 0.6) is 0 Å². The number of hydrogen-bond donors (Lipinski definition) is 0. The van der Waals surface area contributed by atoms with Gasteiger partial charge in [0.1, 0.15) is 24.3 Å². The van der Waals surface area contributed by atoms with Crippen molar-refractivity contribution in [1.29, 1.82) is 0 Å². The van der Waals surface area contributed by atoms with E-state index in [1.165, 1.54) is 11.2 Å². The van der Waals surface area contributed by atoms with Gasteiger partial charge in [0.25, 0.3) is 5.91 Å². The predicted molar refractivity (Wildman–Crippen MR) is 103 cm³/mol. The smallest absolute Gasteiger partial charge is 0.257 e. The lowest BCUT2D eigenvalue weighted by Crippen LogP contribution is -2.49. The first-order valence-electron chi connectivity index (χ1n) is 9.37. The van der Waals surface area contributed by atoms with Gasteiger partial charge in [0, 0.05) is 37.9 Å². The summed E-state index contributed by atoms with van der Waals surface area (Å²) in [4.78, 5) is 28.8. The second-order valence-electron chi connectivity index (χ2n) is 7.02. The fourth-order valence-corrected chi connectivity index (χ4v) is 3.37. The first-order chi connectivity index (χ1) is 14.4. The molecule has 0 aliphatic carbocycles. The highest BCUT2D eigenvalue weighted by Crippen LogP contribution is 2.21. The summed E-state index contributed by atoms with van der Waals surface area (Å²) < 4.78 is 42.4. The van der Waals surface area contributed by atoms with Crippen LogP contribution in [-0.2, 0) is 0 Å². The highest BCUT2D eigenvalue weighted by atomic mass is 19.2. The number of anilines is 1. The van der Waals surface area contributed by atoms with Gasteiger partial charge in [0.2, 0.25) is 0 Å². The van der Waals surface area contributed by atoms with E-state index < -0.39 is 28.9 Å². The average molecular weight is 416 g/mol. The van der Waals surface area contributed by atoms with E-state index in [4.69, 9.17) is 0 Å². The Morgan fingerprint density at radius 3 is 2.30 bits per heavy atom.